The molecule has 0 fully saturated rings. The van der Waals surface area contributed by atoms with Gasteiger partial charge in [0.1, 0.15) is 4.88 Å². The highest BCUT2D eigenvalue weighted by atomic mass is 35.5. The van der Waals surface area contributed by atoms with Crippen molar-refractivity contribution >= 4 is 28.8 Å². The molecule has 2 heterocycles. The van der Waals surface area contributed by atoms with E-state index < -0.39 is 0 Å². The third-order valence-electron chi connectivity index (χ3n) is 4.09. The zero-order valence-electron chi connectivity index (χ0n) is 15.6. The van der Waals surface area contributed by atoms with Crippen molar-refractivity contribution in [1.82, 2.24) is 20.1 Å². The number of carbonyl (C=O) groups excluding carboxylic acids is 1. The third-order valence-corrected chi connectivity index (χ3v) is 5.48. The van der Waals surface area contributed by atoms with Crippen LogP contribution in [0.25, 0.3) is 5.13 Å². The summed E-state index contributed by atoms with van der Waals surface area (Å²) in [6.07, 6.45) is 0.496. The van der Waals surface area contributed by atoms with Gasteiger partial charge in [0.2, 0.25) is 5.13 Å². The number of halogens is 1. The number of nitrogens with one attached hydrogen (secondary N) is 2. The fourth-order valence-electron chi connectivity index (χ4n) is 2.75. The van der Waals surface area contributed by atoms with Crippen LogP contribution >= 0.6 is 22.9 Å². The van der Waals surface area contributed by atoms with Gasteiger partial charge in [0, 0.05) is 28.7 Å². The Kier molecular flexibility index (Phi) is 5.53. The first kappa shape index (κ1) is 19.4. The van der Waals surface area contributed by atoms with Crippen LogP contribution in [-0.4, -0.2) is 26.7 Å². The second-order valence-electron chi connectivity index (χ2n) is 6.70. The molecular formula is C19H21ClN4O2S. The second kappa shape index (κ2) is 7.70. The molecule has 0 radical (unpaired) electrons. The minimum absolute atomic E-state index is 0.0314. The van der Waals surface area contributed by atoms with Gasteiger partial charge >= 0.3 is 0 Å². The van der Waals surface area contributed by atoms with Gasteiger partial charge in [-0.2, -0.15) is 4.68 Å². The van der Waals surface area contributed by atoms with E-state index in [9.17, 15) is 9.59 Å². The Balaban J connectivity index is 1.94. The monoisotopic (exact) mass is 404 g/mol. The fraction of sp³-hybridized carbons (Fsp3) is 0.316. The third kappa shape index (κ3) is 4.14. The predicted octanol–water partition coefficient (Wildman–Crippen LogP) is 3.62. The van der Waals surface area contributed by atoms with E-state index in [0.29, 0.717) is 32.7 Å². The molecule has 0 aliphatic heterocycles. The summed E-state index contributed by atoms with van der Waals surface area (Å²) in [5, 5.41) is 7.05. The molecule has 0 bridgehead atoms. The van der Waals surface area contributed by atoms with Crippen LogP contribution in [0.3, 0.4) is 0 Å². The van der Waals surface area contributed by atoms with Crippen LogP contribution in [0.4, 0.5) is 0 Å². The van der Waals surface area contributed by atoms with Crippen molar-refractivity contribution in [2.45, 2.75) is 40.2 Å². The molecule has 0 spiro atoms. The van der Waals surface area contributed by atoms with Crippen LogP contribution in [-0.2, 0) is 6.42 Å². The van der Waals surface area contributed by atoms with Crippen LogP contribution in [0.15, 0.2) is 29.1 Å². The molecule has 0 atom stereocenters. The lowest BCUT2D eigenvalue weighted by atomic mass is 10.1. The van der Waals surface area contributed by atoms with Gasteiger partial charge in [0.15, 0.2) is 0 Å². The van der Waals surface area contributed by atoms with Crippen molar-refractivity contribution in [2.75, 3.05) is 0 Å². The molecule has 0 saturated carbocycles. The SMILES string of the molecule is Cc1nc(-n2[nH]c(C)c(Cc3ccc(Cl)cc3)c2=O)sc1C(=O)NC(C)C. The number of aryl methyl sites for hydroxylation is 2. The summed E-state index contributed by atoms with van der Waals surface area (Å²) in [5.74, 6) is -0.177. The lowest BCUT2D eigenvalue weighted by Crippen LogP contribution is -2.29. The van der Waals surface area contributed by atoms with E-state index in [1.807, 2.05) is 32.9 Å². The average Bonchev–Trinajstić information content (AvgIpc) is 3.11. The van der Waals surface area contributed by atoms with E-state index in [0.717, 1.165) is 11.3 Å². The molecule has 8 heteroatoms. The Bertz CT molecular complexity index is 1030. The summed E-state index contributed by atoms with van der Waals surface area (Å²) < 4.78 is 1.41. The summed E-state index contributed by atoms with van der Waals surface area (Å²) in [5.41, 5.74) is 2.88. The van der Waals surface area contributed by atoms with E-state index >= 15 is 0 Å². The van der Waals surface area contributed by atoms with Gasteiger partial charge in [0.05, 0.1) is 5.69 Å². The number of rotatable bonds is 5. The highest BCUT2D eigenvalue weighted by Gasteiger charge is 2.20. The smallest absolute Gasteiger partial charge is 0.277 e. The summed E-state index contributed by atoms with van der Waals surface area (Å²) >= 11 is 7.12. The molecule has 1 amide bonds. The van der Waals surface area contributed by atoms with Crippen LogP contribution < -0.4 is 10.9 Å². The second-order valence-corrected chi connectivity index (χ2v) is 8.11. The standard InChI is InChI=1S/C19H21ClN4O2S/c1-10(2)21-17(25)16-12(4)22-19(27-16)24-18(26)15(11(3)23-24)9-13-5-7-14(20)8-6-13/h5-8,10,23H,9H2,1-4H3,(H,21,25). The van der Waals surface area contributed by atoms with E-state index in [1.54, 1.807) is 19.1 Å². The molecule has 0 unspecified atom stereocenters. The van der Waals surface area contributed by atoms with Crippen molar-refractivity contribution < 1.29 is 4.79 Å². The van der Waals surface area contributed by atoms with E-state index in [4.69, 9.17) is 11.6 Å². The number of carbonyl (C=O) groups is 1. The number of H-pyrrole nitrogens is 1. The first-order valence-electron chi connectivity index (χ1n) is 8.60. The summed E-state index contributed by atoms with van der Waals surface area (Å²) in [7, 11) is 0. The van der Waals surface area contributed by atoms with Crippen molar-refractivity contribution in [2.24, 2.45) is 0 Å². The van der Waals surface area contributed by atoms with Crippen LogP contribution in [0, 0.1) is 13.8 Å². The first-order valence-corrected chi connectivity index (χ1v) is 9.79. The van der Waals surface area contributed by atoms with Gasteiger partial charge in [-0.25, -0.2) is 4.98 Å². The molecule has 6 nitrogen and oxygen atoms in total. The molecule has 2 aromatic heterocycles. The molecular weight excluding hydrogens is 384 g/mol. The fourth-order valence-corrected chi connectivity index (χ4v) is 3.80. The van der Waals surface area contributed by atoms with E-state index in [1.165, 1.54) is 16.0 Å². The molecule has 2 N–H and O–H groups in total. The largest absolute Gasteiger partial charge is 0.349 e. The van der Waals surface area contributed by atoms with Gasteiger partial charge in [0.25, 0.3) is 11.5 Å². The number of nitrogens with zero attached hydrogens (tertiary/aromatic N) is 2. The molecule has 3 aromatic rings. The van der Waals surface area contributed by atoms with Gasteiger partial charge in [-0.1, -0.05) is 35.1 Å². The zero-order valence-corrected chi connectivity index (χ0v) is 17.2. The summed E-state index contributed by atoms with van der Waals surface area (Å²) in [6.45, 7) is 7.43. The molecule has 1 aromatic carbocycles. The van der Waals surface area contributed by atoms with Gasteiger partial charge in [-0.05, 0) is 45.4 Å². The normalized spacial score (nSPS) is 11.2. The van der Waals surface area contributed by atoms with Crippen LogP contribution in [0.5, 0.6) is 0 Å². The Morgan fingerprint density at radius 3 is 2.59 bits per heavy atom. The van der Waals surface area contributed by atoms with E-state index in [2.05, 4.69) is 15.4 Å². The van der Waals surface area contributed by atoms with Crippen LogP contribution in [0.2, 0.25) is 5.02 Å². The van der Waals surface area contributed by atoms with Crippen molar-refractivity contribution in [1.29, 1.82) is 0 Å². The zero-order chi connectivity index (χ0) is 19.7. The lowest BCUT2D eigenvalue weighted by Gasteiger charge is -2.06. The number of thiazole rings is 1. The number of benzene rings is 1. The lowest BCUT2D eigenvalue weighted by molar-refractivity contribution is 0.0946. The van der Waals surface area contributed by atoms with Crippen LogP contribution in [0.1, 0.15) is 46.0 Å². The maximum absolute atomic E-state index is 12.9. The van der Waals surface area contributed by atoms with Crippen molar-refractivity contribution in [3.05, 3.63) is 67.0 Å². The number of amides is 1. The van der Waals surface area contributed by atoms with Crippen molar-refractivity contribution in [3.8, 4) is 5.13 Å². The highest BCUT2D eigenvalue weighted by molar-refractivity contribution is 7.16. The average molecular weight is 405 g/mol. The Morgan fingerprint density at radius 2 is 1.96 bits per heavy atom. The van der Waals surface area contributed by atoms with Gasteiger partial charge in [-0.3, -0.25) is 14.7 Å². The minimum atomic E-state index is -0.177. The Hall–Kier alpha value is -2.38. The molecule has 142 valence electrons. The number of aromatic amines is 1. The van der Waals surface area contributed by atoms with Gasteiger partial charge in [-0.15, -0.1) is 0 Å². The molecule has 0 aliphatic carbocycles. The summed E-state index contributed by atoms with van der Waals surface area (Å²) in [4.78, 5) is 30.1. The van der Waals surface area contributed by atoms with E-state index in [-0.39, 0.29) is 17.5 Å². The predicted molar refractivity (Wildman–Crippen MR) is 108 cm³/mol. The van der Waals surface area contributed by atoms with Crippen molar-refractivity contribution in [3.63, 3.8) is 0 Å². The number of hydrogen-bond acceptors (Lipinski definition) is 4. The number of hydrogen-bond donors (Lipinski definition) is 2. The summed E-state index contributed by atoms with van der Waals surface area (Å²) in [6, 6.07) is 7.45. The maximum atomic E-state index is 12.9. The molecule has 27 heavy (non-hydrogen) atoms. The molecule has 3 rings (SSSR count). The Morgan fingerprint density at radius 1 is 1.30 bits per heavy atom. The number of aromatic nitrogens is 3. The maximum Gasteiger partial charge on any atom is 0.277 e. The highest BCUT2D eigenvalue weighted by Crippen LogP contribution is 2.21. The molecule has 0 saturated heterocycles. The quantitative estimate of drug-likeness (QED) is 0.681. The minimum Gasteiger partial charge on any atom is -0.349 e. The first-order chi connectivity index (χ1) is 12.8. The molecule has 0 aliphatic rings. The Labute approximate surface area is 166 Å². The van der Waals surface area contributed by atoms with Gasteiger partial charge < -0.3 is 5.32 Å². The topological polar surface area (TPSA) is 79.8 Å².